The molecule has 9 nitrogen and oxygen atoms in total. The molecule has 3 N–H and O–H groups in total. The Morgan fingerprint density at radius 1 is 1.06 bits per heavy atom. The number of H-pyrrole nitrogens is 2. The normalized spacial score (nSPS) is 13.8. The van der Waals surface area contributed by atoms with Crippen LogP contribution in [0.15, 0.2) is 59.7 Å². The van der Waals surface area contributed by atoms with Crippen LogP contribution in [0.3, 0.4) is 0 Å². The topological polar surface area (TPSA) is 116 Å². The summed E-state index contributed by atoms with van der Waals surface area (Å²) >= 11 is 1.93. The molecule has 0 spiro atoms. The van der Waals surface area contributed by atoms with Gasteiger partial charge in [0.25, 0.3) is 5.91 Å². The first-order valence-electron chi connectivity index (χ1n) is 10.1. The van der Waals surface area contributed by atoms with E-state index in [1.165, 1.54) is 0 Å². The van der Waals surface area contributed by atoms with Gasteiger partial charge in [-0.15, -0.1) is 0 Å². The third-order valence-electron chi connectivity index (χ3n) is 5.05. The zero-order valence-corrected chi connectivity index (χ0v) is 17.8. The van der Waals surface area contributed by atoms with Crippen LogP contribution in [0.1, 0.15) is 10.4 Å². The van der Waals surface area contributed by atoms with E-state index in [1.807, 2.05) is 17.8 Å². The Kier molecular flexibility index (Phi) is 5.51. The maximum absolute atomic E-state index is 12.8. The van der Waals surface area contributed by atoms with E-state index in [2.05, 4.69) is 30.2 Å². The van der Waals surface area contributed by atoms with Gasteiger partial charge in [-0.1, -0.05) is 6.07 Å². The lowest BCUT2D eigenvalue weighted by atomic mass is 10.2. The molecule has 1 aromatic carbocycles. The number of pyridine rings is 2. The van der Waals surface area contributed by atoms with E-state index in [0.717, 1.165) is 30.4 Å². The number of carbonyl (C=O) groups is 1. The van der Waals surface area contributed by atoms with Gasteiger partial charge in [-0.3, -0.25) is 9.78 Å². The van der Waals surface area contributed by atoms with Crippen molar-refractivity contribution in [3.05, 3.63) is 70.9 Å². The Bertz CT molecular complexity index is 1330. The number of hydrogen-bond donors (Lipinski definition) is 3. The number of thioether (sulfide) groups is 1. The second kappa shape index (κ2) is 8.75. The van der Waals surface area contributed by atoms with Crippen molar-refractivity contribution >= 4 is 40.3 Å². The summed E-state index contributed by atoms with van der Waals surface area (Å²) in [5.74, 6) is 3.68. The minimum absolute atomic E-state index is 0.224. The van der Waals surface area contributed by atoms with Crippen molar-refractivity contribution in [3.8, 4) is 11.5 Å². The lowest BCUT2D eigenvalue weighted by Crippen LogP contribution is -2.33. The van der Waals surface area contributed by atoms with Gasteiger partial charge in [0.1, 0.15) is 17.1 Å². The first-order valence-corrected chi connectivity index (χ1v) is 11.3. The van der Waals surface area contributed by atoms with Gasteiger partial charge in [-0.2, -0.15) is 11.8 Å². The van der Waals surface area contributed by atoms with Crippen LogP contribution < -0.4 is 20.6 Å². The summed E-state index contributed by atoms with van der Waals surface area (Å²) in [7, 11) is 0. The molecule has 0 saturated carbocycles. The highest BCUT2D eigenvalue weighted by Gasteiger charge is 2.15. The molecule has 1 saturated heterocycles. The molecule has 0 bridgehead atoms. The highest BCUT2D eigenvalue weighted by molar-refractivity contribution is 7.99. The molecule has 1 amide bonds. The summed E-state index contributed by atoms with van der Waals surface area (Å²) in [4.78, 5) is 40.4. The van der Waals surface area contributed by atoms with Crippen molar-refractivity contribution in [1.29, 1.82) is 0 Å². The number of benzene rings is 1. The van der Waals surface area contributed by atoms with Crippen molar-refractivity contribution in [2.75, 3.05) is 34.8 Å². The van der Waals surface area contributed by atoms with Gasteiger partial charge in [0, 0.05) is 60.4 Å². The average Bonchev–Trinajstić information content (AvgIpc) is 3.21. The van der Waals surface area contributed by atoms with E-state index >= 15 is 0 Å². The Balaban J connectivity index is 1.32. The number of carbonyl (C=O) groups excluding carboxylic acids is 1. The molecule has 4 heterocycles. The van der Waals surface area contributed by atoms with Crippen molar-refractivity contribution in [1.82, 2.24) is 19.9 Å². The number of nitrogens with zero attached hydrogens (tertiary/aromatic N) is 3. The molecule has 0 aliphatic carbocycles. The second-order valence-electron chi connectivity index (χ2n) is 7.20. The van der Waals surface area contributed by atoms with Crippen molar-refractivity contribution in [2.24, 2.45) is 0 Å². The number of anilines is 2. The van der Waals surface area contributed by atoms with Gasteiger partial charge in [-0.25, -0.2) is 14.8 Å². The molecule has 32 heavy (non-hydrogen) atoms. The molecule has 1 aliphatic heterocycles. The summed E-state index contributed by atoms with van der Waals surface area (Å²) < 4.78 is 5.93. The fourth-order valence-electron chi connectivity index (χ4n) is 3.49. The summed E-state index contributed by atoms with van der Waals surface area (Å²) in [6.45, 7) is 1.85. The Labute approximate surface area is 187 Å². The first kappa shape index (κ1) is 20.1. The molecule has 0 atom stereocenters. The summed E-state index contributed by atoms with van der Waals surface area (Å²) in [6.07, 6.45) is 3.22. The molecule has 3 aromatic heterocycles. The Hall–Kier alpha value is -3.79. The molecule has 1 aliphatic rings. The third kappa shape index (κ3) is 4.30. The molecule has 0 radical (unpaired) electrons. The SMILES string of the molecule is O=C(Nc1cccc(Oc2ccnc3[nH]c(=O)[nH]c23)c1)c1ccnc(N2CCSCC2)c1. The summed E-state index contributed by atoms with van der Waals surface area (Å²) in [6, 6.07) is 12.2. The monoisotopic (exact) mass is 448 g/mol. The van der Waals surface area contributed by atoms with Crippen molar-refractivity contribution < 1.29 is 9.53 Å². The van der Waals surface area contributed by atoms with Crippen LogP contribution in [0.5, 0.6) is 11.5 Å². The van der Waals surface area contributed by atoms with E-state index < -0.39 is 0 Å². The molecular weight excluding hydrogens is 428 g/mol. The molecule has 10 heteroatoms. The maximum atomic E-state index is 12.8. The molecule has 5 rings (SSSR count). The zero-order valence-electron chi connectivity index (χ0n) is 17.0. The molecule has 4 aromatic rings. The first-order chi connectivity index (χ1) is 15.7. The largest absolute Gasteiger partial charge is 0.455 e. The molecule has 162 valence electrons. The maximum Gasteiger partial charge on any atom is 0.325 e. The number of fused-ring (bicyclic) bond motifs is 1. The number of aromatic nitrogens is 4. The lowest BCUT2D eigenvalue weighted by molar-refractivity contribution is 0.102. The number of ether oxygens (including phenoxy) is 1. The predicted molar refractivity (Wildman–Crippen MR) is 125 cm³/mol. The number of aromatic amines is 2. The zero-order chi connectivity index (χ0) is 21.9. The van der Waals surface area contributed by atoms with Gasteiger partial charge < -0.3 is 19.9 Å². The van der Waals surface area contributed by atoms with E-state index in [4.69, 9.17) is 4.74 Å². The summed E-state index contributed by atoms with van der Waals surface area (Å²) in [5, 5.41) is 2.91. The minimum Gasteiger partial charge on any atom is -0.455 e. The van der Waals surface area contributed by atoms with E-state index in [9.17, 15) is 9.59 Å². The second-order valence-corrected chi connectivity index (χ2v) is 8.42. The Morgan fingerprint density at radius 2 is 1.91 bits per heavy atom. The number of hydrogen-bond acceptors (Lipinski definition) is 7. The number of amides is 1. The minimum atomic E-state index is -0.357. The van der Waals surface area contributed by atoms with Crippen LogP contribution >= 0.6 is 11.8 Å². The van der Waals surface area contributed by atoms with Crippen LogP contribution in [-0.4, -0.2) is 50.4 Å². The van der Waals surface area contributed by atoms with E-state index in [1.54, 1.807) is 48.8 Å². The molecule has 0 unspecified atom stereocenters. The van der Waals surface area contributed by atoms with E-state index in [0.29, 0.717) is 33.9 Å². The molecular formula is C22H20N6O3S. The van der Waals surface area contributed by atoms with Gasteiger partial charge in [0.2, 0.25) is 0 Å². The molecule has 1 fully saturated rings. The average molecular weight is 449 g/mol. The number of imidazole rings is 1. The van der Waals surface area contributed by atoms with Crippen molar-refractivity contribution in [2.45, 2.75) is 0 Å². The number of nitrogens with one attached hydrogen (secondary N) is 3. The standard InChI is InChI=1S/C22H20N6O3S/c29-21(14-4-6-23-18(12-14)28-8-10-32-11-9-28)25-15-2-1-3-16(13-15)31-17-5-7-24-20-19(17)26-22(30)27-20/h1-7,12-13H,8-11H2,(H,25,29)(H2,24,26,27,30). The van der Waals surface area contributed by atoms with Gasteiger partial charge in [0.05, 0.1) is 0 Å². The Morgan fingerprint density at radius 3 is 2.78 bits per heavy atom. The number of rotatable bonds is 5. The van der Waals surface area contributed by atoms with Crippen molar-refractivity contribution in [3.63, 3.8) is 0 Å². The third-order valence-corrected chi connectivity index (χ3v) is 5.99. The van der Waals surface area contributed by atoms with Gasteiger partial charge in [0.15, 0.2) is 11.4 Å². The van der Waals surface area contributed by atoms with Crippen LogP contribution in [0.2, 0.25) is 0 Å². The van der Waals surface area contributed by atoms with Crippen LogP contribution in [0, 0.1) is 0 Å². The van der Waals surface area contributed by atoms with E-state index in [-0.39, 0.29) is 11.6 Å². The van der Waals surface area contributed by atoms with Crippen LogP contribution in [0.4, 0.5) is 11.5 Å². The summed E-state index contributed by atoms with van der Waals surface area (Å²) in [5.41, 5.74) is 1.67. The predicted octanol–water partition coefficient (Wildman–Crippen LogP) is 3.24. The van der Waals surface area contributed by atoms with Gasteiger partial charge >= 0.3 is 5.69 Å². The van der Waals surface area contributed by atoms with Gasteiger partial charge in [-0.05, 0) is 24.3 Å². The highest BCUT2D eigenvalue weighted by atomic mass is 32.2. The lowest BCUT2D eigenvalue weighted by Gasteiger charge is -2.27. The fraction of sp³-hybridized carbons (Fsp3) is 0.182. The fourth-order valence-corrected chi connectivity index (χ4v) is 4.39. The van der Waals surface area contributed by atoms with Crippen LogP contribution in [0.25, 0.3) is 11.2 Å². The highest BCUT2D eigenvalue weighted by Crippen LogP contribution is 2.28. The van der Waals surface area contributed by atoms with Crippen LogP contribution in [-0.2, 0) is 0 Å². The quantitative estimate of drug-likeness (QED) is 0.429. The smallest absolute Gasteiger partial charge is 0.325 e.